The number of benzene rings is 2. The SMILES string of the molecule is CC(C)CCC(Cl)(CCC(C)C)CCC(C)(COC(CC(C)c1ccccc1)c1ccccc1)C1CCCC(C)C1. The molecule has 1 aliphatic rings. The van der Waals surface area contributed by atoms with Crippen molar-refractivity contribution in [3.63, 3.8) is 0 Å². The Morgan fingerprint density at radius 3 is 1.88 bits per heavy atom. The van der Waals surface area contributed by atoms with Crippen molar-refractivity contribution >= 4 is 11.6 Å². The normalized spacial score (nSPS) is 21.1. The van der Waals surface area contributed by atoms with Crippen LogP contribution in [0.2, 0.25) is 0 Å². The van der Waals surface area contributed by atoms with Crippen LogP contribution in [0.4, 0.5) is 0 Å². The molecule has 3 rings (SSSR count). The molecular weight excluding hydrogens is 520 g/mol. The third-order valence-corrected chi connectivity index (χ3v) is 10.7. The number of ether oxygens (including phenoxy) is 1. The fraction of sp³-hybridized carbons (Fsp3) is 0.692. The number of hydrogen-bond donors (Lipinski definition) is 0. The summed E-state index contributed by atoms with van der Waals surface area (Å²) < 4.78 is 7.09. The lowest BCUT2D eigenvalue weighted by Crippen LogP contribution is -2.38. The molecular formula is C39H61ClO. The minimum Gasteiger partial charge on any atom is -0.373 e. The van der Waals surface area contributed by atoms with E-state index in [1.807, 2.05) is 0 Å². The maximum Gasteiger partial charge on any atom is 0.0830 e. The molecule has 0 amide bonds. The number of halogens is 1. The molecule has 0 N–H and O–H groups in total. The minimum absolute atomic E-state index is 0.0920. The molecule has 41 heavy (non-hydrogen) atoms. The van der Waals surface area contributed by atoms with E-state index >= 15 is 0 Å². The smallest absolute Gasteiger partial charge is 0.0830 e. The minimum atomic E-state index is -0.100. The molecule has 1 fully saturated rings. The van der Waals surface area contributed by atoms with Gasteiger partial charge in [0.25, 0.3) is 0 Å². The summed E-state index contributed by atoms with van der Waals surface area (Å²) in [6, 6.07) is 21.9. The average molecular weight is 581 g/mol. The second-order valence-corrected chi connectivity index (χ2v) is 15.7. The van der Waals surface area contributed by atoms with E-state index in [1.165, 1.54) is 49.7 Å². The first kappa shape index (κ1) is 34.2. The molecule has 0 saturated heterocycles. The molecule has 2 aromatic rings. The van der Waals surface area contributed by atoms with Crippen LogP contribution >= 0.6 is 11.6 Å². The Balaban J connectivity index is 1.81. The molecule has 0 aliphatic heterocycles. The maximum absolute atomic E-state index is 7.56. The van der Waals surface area contributed by atoms with Gasteiger partial charge in [-0.15, -0.1) is 11.6 Å². The van der Waals surface area contributed by atoms with Crippen LogP contribution in [0.25, 0.3) is 0 Å². The van der Waals surface area contributed by atoms with E-state index in [9.17, 15) is 0 Å². The summed E-state index contributed by atoms with van der Waals surface area (Å²) in [5.74, 6) is 3.33. The highest BCUT2D eigenvalue weighted by Crippen LogP contribution is 2.48. The summed E-state index contributed by atoms with van der Waals surface area (Å²) in [4.78, 5) is -0.100. The Kier molecular flexibility index (Phi) is 13.8. The fourth-order valence-corrected chi connectivity index (χ4v) is 7.25. The van der Waals surface area contributed by atoms with Crippen molar-refractivity contribution in [2.24, 2.45) is 29.1 Å². The molecule has 2 heteroatoms. The number of hydrogen-bond acceptors (Lipinski definition) is 1. The Bertz CT molecular complexity index is 958. The molecule has 2 aromatic carbocycles. The van der Waals surface area contributed by atoms with Crippen molar-refractivity contribution < 1.29 is 4.74 Å². The van der Waals surface area contributed by atoms with Gasteiger partial charge in [0.1, 0.15) is 0 Å². The van der Waals surface area contributed by atoms with E-state index in [0.717, 1.165) is 44.6 Å². The Labute approximate surface area is 259 Å². The van der Waals surface area contributed by atoms with Crippen LogP contribution in [0.3, 0.4) is 0 Å². The second-order valence-electron chi connectivity index (χ2n) is 14.9. The monoisotopic (exact) mass is 580 g/mol. The van der Waals surface area contributed by atoms with Gasteiger partial charge in [0, 0.05) is 4.87 Å². The largest absolute Gasteiger partial charge is 0.373 e. The van der Waals surface area contributed by atoms with Gasteiger partial charge in [-0.1, -0.05) is 122 Å². The van der Waals surface area contributed by atoms with Crippen LogP contribution in [0, 0.1) is 29.1 Å². The Morgan fingerprint density at radius 1 is 0.780 bits per heavy atom. The summed E-state index contributed by atoms with van der Waals surface area (Å²) in [7, 11) is 0. The van der Waals surface area contributed by atoms with E-state index in [-0.39, 0.29) is 16.4 Å². The zero-order valence-corrected chi connectivity index (χ0v) is 28.3. The summed E-state index contributed by atoms with van der Waals surface area (Å²) in [5, 5.41) is 0. The summed E-state index contributed by atoms with van der Waals surface area (Å²) in [5.41, 5.74) is 2.83. The van der Waals surface area contributed by atoms with Gasteiger partial charge < -0.3 is 4.74 Å². The molecule has 1 aliphatic carbocycles. The molecule has 230 valence electrons. The second kappa shape index (κ2) is 16.5. The third kappa shape index (κ3) is 11.4. The van der Waals surface area contributed by atoms with Gasteiger partial charge in [0.2, 0.25) is 0 Å². The van der Waals surface area contributed by atoms with Gasteiger partial charge in [-0.05, 0) is 104 Å². The first-order valence-corrected chi connectivity index (χ1v) is 17.3. The van der Waals surface area contributed by atoms with Crippen molar-refractivity contribution in [3.05, 3.63) is 71.8 Å². The molecule has 0 bridgehead atoms. The third-order valence-electron chi connectivity index (χ3n) is 10.1. The van der Waals surface area contributed by atoms with Gasteiger partial charge in [-0.2, -0.15) is 0 Å². The van der Waals surface area contributed by atoms with Crippen LogP contribution in [0.5, 0.6) is 0 Å². The van der Waals surface area contributed by atoms with Crippen molar-refractivity contribution in [3.8, 4) is 0 Å². The Hall–Kier alpha value is -1.31. The first-order valence-electron chi connectivity index (χ1n) is 16.9. The molecule has 5 atom stereocenters. The van der Waals surface area contributed by atoms with Crippen molar-refractivity contribution in [2.75, 3.05) is 6.61 Å². The fourth-order valence-electron chi connectivity index (χ4n) is 6.94. The quantitative estimate of drug-likeness (QED) is 0.169. The van der Waals surface area contributed by atoms with Crippen LogP contribution in [-0.4, -0.2) is 11.5 Å². The number of alkyl halides is 1. The van der Waals surface area contributed by atoms with Crippen LogP contribution in [0.15, 0.2) is 60.7 Å². The van der Waals surface area contributed by atoms with E-state index in [0.29, 0.717) is 23.7 Å². The van der Waals surface area contributed by atoms with Crippen molar-refractivity contribution in [2.45, 2.75) is 136 Å². The zero-order chi connectivity index (χ0) is 29.9. The molecule has 0 heterocycles. The highest BCUT2D eigenvalue weighted by Gasteiger charge is 2.40. The predicted molar refractivity (Wildman–Crippen MR) is 180 cm³/mol. The van der Waals surface area contributed by atoms with Gasteiger partial charge in [0.05, 0.1) is 12.7 Å². The summed E-state index contributed by atoms with van der Waals surface area (Å²) >= 11 is 7.56. The molecule has 5 unspecified atom stereocenters. The molecule has 1 nitrogen and oxygen atoms in total. The van der Waals surface area contributed by atoms with Gasteiger partial charge in [-0.3, -0.25) is 0 Å². The summed E-state index contributed by atoms with van der Waals surface area (Å²) in [6.07, 6.45) is 13.4. The van der Waals surface area contributed by atoms with Crippen molar-refractivity contribution in [1.82, 2.24) is 0 Å². The number of rotatable bonds is 17. The lowest BCUT2D eigenvalue weighted by molar-refractivity contribution is -0.0508. The van der Waals surface area contributed by atoms with Gasteiger partial charge >= 0.3 is 0 Å². The molecule has 0 radical (unpaired) electrons. The highest BCUT2D eigenvalue weighted by atomic mass is 35.5. The van der Waals surface area contributed by atoms with E-state index in [2.05, 4.69) is 109 Å². The van der Waals surface area contributed by atoms with Crippen LogP contribution in [-0.2, 0) is 4.74 Å². The van der Waals surface area contributed by atoms with Crippen LogP contribution < -0.4 is 0 Å². The van der Waals surface area contributed by atoms with Crippen LogP contribution in [0.1, 0.15) is 142 Å². The highest BCUT2D eigenvalue weighted by molar-refractivity contribution is 6.23. The lowest BCUT2D eigenvalue weighted by Gasteiger charge is -2.44. The summed E-state index contributed by atoms with van der Waals surface area (Å²) in [6.45, 7) is 17.5. The van der Waals surface area contributed by atoms with Gasteiger partial charge in [0.15, 0.2) is 0 Å². The maximum atomic E-state index is 7.56. The van der Waals surface area contributed by atoms with E-state index in [1.54, 1.807) is 0 Å². The topological polar surface area (TPSA) is 9.23 Å². The average Bonchev–Trinajstić information content (AvgIpc) is 2.97. The standard InChI is InChI=1S/C39H61ClO/c1-30(2)21-23-39(40,24-22-31(3)4)26-25-38(7,36-20-14-15-32(5)27-36)29-41-37(35-18-12-9-13-19-35)28-33(6)34-16-10-8-11-17-34/h8-13,16-19,30-33,36-37H,14-15,20-29H2,1-7H3. The lowest BCUT2D eigenvalue weighted by atomic mass is 9.65. The van der Waals surface area contributed by atoms with Gasteiger partial charge in [-0.25, -0.2) is 0 Å². The zero-order valence-electron chi connectivity index (χ0n) is 27.5. The van der Waals surface area contributed by atoms with E-state index < -0.39 is 0 Å². The van der Waals surface area contributed by atoms with Crippen molar-refractivity contribution in [1.29, 1.82) is 0 Å². The first-order chi connectivity index (χ1) is 19.5. The molecule has 1 saturated carbocycles. The molecule has 0 aromatic heterocycles. The van der Waals surface area contributed by atoms with E-state index in [4.69, 9.17) is 16.3 Å². The molecule has 0 spiro atoms. The Morgan fingerprint density at radius 2 is 1.34 bits per heavy atom. The predicted octanol–water partition coefficient (Wildman–Crippen LogP) is 12.4.